The second-order valence-electron chi connectivity index (χ2n) is 15.0. The molecule has 13 heteroatoms. The summed E-state index contributed by atoms with van der Waals surface area (Å²) in [4.78, 5) is 81.8. The third-order valence-electron chi connectivity index (χ3n) is 9.85. The standard InChI is InChI=1S/C38H58N6O7/c1-9-14-28(32(45)34(47)40-18-10-2)41-33(46)31-27(23(4)5)17-19-44(31)35(48)30(26-20-24-15-12-13-16-25(24)21-26)43-36(49)42-29(38(6,7)8)22-51-37(50)39-11-3/h10,12-13,15-16,23,26-31H,2,9,11,14,17-22H2,1,3-8H3,(H,39,50)(H,40,47)(H,41,46)(H2,42,43,49)/t27-,28?,29-,30+,31?/m1/s1. The van der Waals surface area contributed by atoms with Crippen LogP contribution in [0.4, 0.5) is 9.59 Å². The highest BCUT2D eigenvalue weighted by Crippen LogP contribution is 2.35. The van der Waals surface area contributed by atoms with E-state index in [4.69, 9.17) is 4.74 Å². The molecule has 2 unspecified atom stereocenters. The summed E-state index contributed by atoms with van der Waals surface area (Å²) in [6.07, 6.45) is 3.33. The van der Waals surface area contributed by atoms with Gasteiger partial charge < -0.3 is 36.2 Å². The third kappa shape index (κ3) is 11.0. The minimum absolute atomic E-state index is 0.0256. The zero-order chi connectivity index (χ0) is 37.9. The van der Waals surface area contributed by atoms with Crippen molar-refractivity contribution in [2.45, 2.75) is 105 Å². The number of carbonyl (C=O) groups excluding carboxylic acids is 6. The first-order valence-electron chi connectivity index (χ1n) is 18.2. The lowest BCUT2D eigenvalue weighted by atomic mass is 9.87. The summed E-state index contributed by atoms with van der Waals surface area (Å²) in [5.74, 6) is -2.94. The molecule has 5 N–H and O–H groups in total. The fourth-order valence-corrected chi connectivity index (χ4v) is 6.91. The van der Waals surface area contributed by atoms with Gasteiger partial charge in [0, 0.05) is 19.6 Å². The van der Waals surface area contributed by atoms with E-state index < -0.39 is 59.3 Å². The molecule has 1 aliphatic heterocycles. The Morgan fingerprint density at radius 3 is 2.18 bits per heavy atom. The lowest BCUT2D eigenvalue weighted by Crippen LogP contribution is -2.61. The molecule has 13 nitrogen and oxygen atoms in total. The van der Waals surface area contributed by atoms with Gasteiger partial charge in [-0.15, -0.1) is 6.58 Å². The maximum absolute atomic E-state index is 14.7. The van der Waals surface area contributed by atoms with E-state index in [1.165, 1.54) is 6.08 Å². The average molecular weight is 711 g/mol. The predicted octanol–water partition coefficient (Wildman–Crippen LogP) is 3.26. The Balaban J connectivity index is 1.91. The van der Waals surface area contributed by atoms with Crippen molar-refractivity contribution in [2.24, 2.45) is 23.2 Å². The summed E-state index contributed by atoms with van der Waals surface area (Å²) in [5.41, 5.74) is 1.69. The predicted molar refractivity (Wildman–Crippen MR) is 195 cm³/mol. The van der Waals surface area contributed by atoms with Gasteiger partial charge in [0.15, 0.2) is 0 Å². The van der Waals surface area contributed by atoms with E-state index >= 15 is 0 Å². The molecule has 0 aromatic heterocycles. The SMILES string of the molecule is C=CCNC(=O)C(=O)C(CCC)NC(=O)C1[C@@H](C(C)C)CCN1C(=O)[C@@H](NC(=O)N[C@H](COC(=O)NCC)C(C)(C)C)C1Cc2ccccc2C1. The van der Waals surface area contributed by atoms with Crippen molar-refractivity contribution < 1.29 is 33.5 Å². The summed E-state index contributed by atoms with van der Waals surface area (Å²) < 4.78 is 5.36. The van der Waals surface area contributed by atoms with Crippen molar-refractivity contribution in [1.29, 1.82) is 0 Å². The van der Waals surface area contributed by atoms with Crippen molar-refractivity contribution in [2.75, 3.05) is 26.2 Å². The lowest BCUT2D eigenvalue weighted by molar-refractivity contribution is -0.144. The molecule has 1 heterocycles. The number of nitrogens with zero attached hydrogens (tertiary/aromatic N) is 1. The first kappa shape index (κ1) is 41.0. The van der Waals surface area contributed by atoms with E-state index in [0.717, 1.165) is 11.1 Å². The van der Waals surface area contributed by atoms with Crippen molar-refractivity contribution in [1.82, 2.24) is 31.5 Å². The Bertz CT molecular complexity index is 1400. The fourth-order valence-electron chi connectivity index (χ4n) is 6.91. The van der Waals surface area contributed by atoms with Gasteiger partial charge in [-0.3, -0.25) is 19.2 Å². The van der Waals surface area contributed by atoms with Crippen LogP contribution in [0.1, 0.15) is 78.9 Å². The van der Waals surface area contributed by atoms with Crippen molar-refractivity contribution in [3.63, 3.8) is 0 Å². The number of rotatable bonds is 16. The van der Waals surface area contributed by atoms with Gasteiger partial charge in [-0.25, -0.2) is 9.59 Å². The second kappa shape index (κ2) is 18.7. The van der Waals surface area contributed by atoms with Gasteiger partial charge in [-0.05, 0) is 66.9 Å². The van der Waals surface area contributed by atoms with Crippen LogP contribution in [0.2, 0.25) is 0 Å². The number of benzene rings is 1. The van der Waals surface area contributed by atoms with Gasteiger partial charge in [0.1, 0.15) is 18.7 Å². The zero-order valence-electron chi connectivity index (χ0n) is 31.3. The van der Waals surface area contributed by atoms with E-state index in [9.17, 15) is 28.8 Å². The van der Waals surface area contributed by atoms with Crippen LogP contribution in [0.15, 0.2) is 36.9 Å². The quantitative estimate of drug-likeness (QED) is 0.129. The van der Waals surface area contributed by atoms with Crippen LogP contribution in [0.25, 0.3) is 0 Å². The molecular formula is C38H58N6O7. The Morgan fingerprint density at radius 1 is 0.980 bits per heavy atom. The van der Waals surface area contributed by atoms with E-state index in [2.05, 4.69) is 33.2 Å². The molecule has 51 heavy (non-hydrogen) atoms. The molecule has 0 radical (unpaired) electrons. The maximum Gasteiger partial charge on any atom is 0.407 e. The number of urea groups is 1. The Kier molecular flexibility index (Phi) is 15.0. The summed E-state index contributed by atoms with van der Waals surface area (Å²) in [6, 6.07) is 3.79. The number of fused-ring (bicyclic) bond motifs is 1. The largest absolute Gasteiger partial charge is 0.447 e. The molecule has 0 saturated carbocycles. The highest BCUT2D eigenvalue weighted by Gasteiger charge is 2.47. The molecular weight excluding hydrogens is 652 g/mol. The molecule has 0 bridgehead atoms. The van der Waals surface area contributed by atoms with Gasteiger partial charge in [0.25, 0.3) is 5.91 Å². The number of Topliss-reactive ketones (excluding diaryl/α,β-unsaturated/α-hetero) is 1. The first-order chi connectivity index (χ1) is 24.1. The van der Waals surface area contributed by atoms with E-state index in [0.29, 0.717) is 32.2 Å². The maximum atomic E-state index is 14.7. The number of nitrogens with one attached hydrogen (secondary N) is 5. The number of ether oxygens (including phenoxy) is 1. The topological polar surface area (TPSA) is 175 Å². The number of hydrogen-bond acceptors (Lipinski definition) is 7. The molecule has 3 rings (SSSR count). The summed E-state index contributed by atoms with van der Waals surface area (Å²) >= 11 is 0. The highest BCUT2D eigenvalue weighted by atomic mass is 16.5. The summed E-state index contributed by atoms with van der Waals surface area (Å²) in [7, 11) is 0. The van der Waals surface area contributed by atoms with E-state index in [1.807, 2.05) is 65.8 Å². The van der Waals surface area contributed by atoms with Crippen LogP contribution < -0.4 is 26.6 Å². The second-order valence-corrected chi connectivity index (χ2v) is 15.0. The number of alkyl carbamates (subject to hydrolysis) is 1. The lowest BCUT2D eigenvalue weighted by Gasteiger charge is -2.35. The zero-order valence-corrected chi connectivity index (χ0v) is 31.3. The molecule has 2 aliphatic rings. The normalized spacial score (nSPS) is 18.9. The fraction of sp³-hybridized carbons (Fsp3) is 0.632. The van der Waals surface area contributed by atoms with Crippen molar-refractivity contribution >= 4 is 35.6 Å². The van der Waals surface area contributed by atoms with Crippen LogP contribution in [0.5, 0.6) is 0 Å². The van der Waals surface area contributed by atoms with Crippen LogP contribution >= 0.6 is 0 Å². The van der Waals surface area contributed by atoms with Crippen molar-refractivity contribution in [3.05, 3.63) is 48.0 Å². The van der Waals surface area contributed by atoms with Crippen LogP contribution in [-0.4, -0.2) is 90.9 Å². The highest BCUT2D eigenvalue weighted by molar-refractivity contribution is 6.38. The molecule has 1 saturated heterocycles. The number of likely N-dealkylation sites (tertiary alicyclic amines) is 1. The van der Waals surface area contributed by atoms with Crippen LogP contribution in [0, 0.1) is 23.2 Å². The Morgan fingerprint density at radius 2 is 1.63 bits per heavy atom. The van der Waals surface area contributed by atoms with E-state index in [-0.39, 0.29) is 49.8 Å². The number of carbonyl (C=O) groups is 6. The van der Waals surface area contributed by atoms with E-state index in [1.54, 1.807) is 11.8 Å². The smallest absolute Gasteiger partial charge is 0.407 e. The average Bonchev–Trinajstić information content (AvgIpc) is 3.72. The molecule has 282 valence electrons. The molecule has 5 atom stereocenters. The number of amides is 6. The molecule has 6 amide bonds. The minimum atomic E-state index is -1.06. The monoisotopic (exact) mass is 710 g/mol. The molecule has 1 aliphatic carbocycles. The molecule has 1 aromatic carbocycles. The van der Waals surface area contributed by atoms with Crippen LogP contribution in [0.3, 0.4) is 0 Å². The van der Waals surface area contributed by atoms with Gasteiger partial charge >= 0.3 is 12.1 Å². The Labute approximate surface area is 302 Å². The van der Waals surface area contributed by atoms with Gasteiger partial charge in [0.05, 0.1) is 12.1 Å². The summed E-state index contributed by atoms with van der Waals surface area (Å²) in [6.45, 7) is 17.6. The first-order valence-corrected chi connectivity index (χ1v) is 18.2. The molecule has 1 aromatic rings. The Hall–Kier alpha value is -4.42. The minimum Gasteiger partial charge on any atom is -0.447 e. The van der Waals surface area contributed by atoms with Gasteiger partial charge in [0.2, 0.25) is 17.6 Å². The molecule has 1 fully saturated rings. The molecule has 0 spiro atoms. The van der Waals surface area contributed by atoms with Crippen molar-refractivity contribution in [3.8, 4) is 0 Å². The van der Waals surface area contributed by atoms with Crippen LogP contribution in [-0.2, 0) is 36.8 Å². The third-order valence-corrected chi connectivity index (χ3v) is 9.85. The number of ketones is 1. The number of hydrogen-bond donors (Lipinski definition) is 5. The van der Waals surface area contributed by atoms with Gasteiger partial charge in [-0.2, -0.15) is 0 Å². The summed E-state index contributed by atoms with van der Waals surface area (Å²) in [5, 5.41) is 13.8. The van der Waals surface area contributed by atoms with Gasteiger partial charge in [-0.1, -0.05) is 78.3 Å².